The Morgan fingerprint density at radius 1 is 1.43 bits per heavy atom. The molecule has 0 amide bonds. The molecule has 0 aromatic heterocycles. The molecule has 0 unspecified atom stereocenters. The first-order valence-corrected chi connectivity index (χ1v) is 4.53. The van der Waals surface area contributed by atoms with Crippen LogP contribution in [0.5, 0.6) is 0 Å². The zero-order valence-electron chi connectivity index (χ0n) is 8.23. The number of nitrogens with two attached hydrogens (primary N) is 1. The largest absolute Gasteiger partial charge is 0.411 e. The second-order valence-corrected chi connectivity index (χ2v) is 3.11. The normalized spacial score (nSPS) is 14.4. The summed E-state index contributed by atoms with van der Waals surface area (Å²) in [6.45, 7) is 2.00. The van der Waals surface area contributed by atoms with Crippen molar-refractivity contribution in [3.05, 3.63) is 0 Å². The molecule has 0 saturated carbocycles. The molecular formula is C8H17F3N2O. The molecule has 6 heteroatoms. The number of ether oxygens (including phenoxy) is 1. The summed E-state index contributed by atoms with van der Waals surface area (Å²) in [6.07, 6.45) is -3.67. The molecule has 0 saturated heterocycles. The molecule has 0 spiro atoms. The van der Waals surface area contributed by atoms with Gasteiger partial charge in [0.25, 0.3) is 0 Å². The topological polar surface area (TPSA) is 47.3 Å². The summed E-state index contributed by atoms with van der Waals surface area (Å²) in [5.74, 6) is 0. The van der Waals surface area contributed by atoms with Crippen molar-refractivity contribution in [3.63, 3.8) is 0 Å². The maximum absolute atomic E-state index is 11.6. The van der Waals surface area contributed by atoms with Gasteiger partial charge in [-0.1, -0.05) is 0 Å². The molecule has 1 atom stereocenters. The van der Waals surface area contributed by atoms with Crippen molar-refractivity contribution in [1.29, 1.82) is 0 Å². The fraction of sp³-hybridized carbons (Fsp3) is 1.00. The van der Waals surface area contributed by atoms with E-state index in [-0.39, 0.29) is 12.6 Å². The second-order valence-electron chi connectivity index (χ2n) is 3.11. The number of hydrogen-bond donors (Lipinski definition) is 2. The summed E-state index contributed by atoms with van der Waals surface area (Å²) in [5, 5.41) is 3.04. The second kappa shape index (κ2) is 7.03. The van der Waals surface area contributed by atoms with E-state index < -0.39 is 12.8 Å². The summed E-state index contributed by atoms with van der Waals surface area (Å²) >= 11 is 0. The Balaban J connectivity index is 3.14. The fourth-order valence-electron chi connectivity index (χ4n) is 0.794. The van der Waals surface area contributed by atoms with Gasteiger partial charge in [-0.3, -0.25) is 0 Å². The van der Waals surface area contributed by atoms with Crippen LogP contribution in [0.3, 0.4) is 0 Å². The quantitative estimate of drug-likeness (QED) is 0.619. The van der Waals surface area contributed by atoms with Gasteiger partial charge in [0.05, 0.1) is 0 Å². The molecule has 0 fully saturated rings. The first-order chi connectivity index (χ1) is 6.45. The van der Waals surface area contributed by atoms with Gasteiger partial charge < -0.3 is 15.8 Å². The van der Waals surface area contributed by atoms with E-state index in [4.69, 9.17) is 5.73 Å². The van der Waals surface area contributed by atoms with Crippen molar-refractivity contribution in [1.82, 2.24) is 5.32 Å². The summed E-state index contributed by atoms with van der Waals surface area (Å²) in [7, 11) is 0. The predicted molar refractivity (Wildman–Crippen MR) is 48.0 cm³/mol. The van der Waals surface area contributed by atoms with Crippen LogP contribution in [0, 0.1) is 0 Å². The highest BCUT2D eigenvalue weighted by Crippen LogP contribution is 2.14. The molecular weight excluding hydrogens is 197 g/mol. The highest BCUT2D eigenvalue weighted by Gasteiger charge is 2.27. The summed E-state index contributed by atoms with van der Waals surface area (Å²) in [5.41, 5.74) is 5.33. The van der Waals surface area contributed by atoms with Crippen molar-refractivity contribution in [3.8, 4) is 0 Å². The molecule has 0 rings (SSSR count). The van der Waals surface area contributed by atoms with Crippen LogP contribution in [-0.2, 0) is 4.74 Å². The average Bonchev–Trinajstić information content (AvgIpc) is 2.08. The molecule has 86 valence electrons. The van der Waals surface area contributed by atoms with Crippen molar-refractivity contribution in [2.45, 2.75) is 25.6 Å². The zero-order valence-corrected chi connectivity index (χ0v) is 8.23. The third-order valence-corrected chi connectivity index (χ3v) is 1.58. The molecule has 0 aliphatic carbocycles. The van der Waals surface area contributed by atoms with Crippen molar-refractivity contribution in [2.24, 2.45) is 5.73 Å². The number of nitrogens with one attached hydrogen (secondary N) is 1. The van der Waals surface area contributed by atoms with Crippen LogP contribution in [0.2, 0.25) is 0 Å². The van der Waals surface area contributed by atoms with Gasteiger partial charge >= 0.3 is 6.18 Å². The van der Waals surface area contributed by atoms with E-state index in [0.717, 1.165) is 0 Å². The number of rotatable bonds is 7. The SMILES string of the molecule is C[C@H](CN)NCCCOCC(F)(F)F. The van der Waals surface area contributed by atoms with E-state index in [9.17, 15) is 13.2 Å². The predicted octanol–water partition coefficient (Wildman–Crippen LogP) is 0.892. The molecule has 0 heterocycles. The molecule has 3 nitrogen and oxygen atoms in total. The van der Waals surface area contributed by atoms with Crippen molar-refractivity contribution < 1.29 is 17.9 Å². The van der Waals surface area contributed by atoms with Crippen LogP contribution in [0.4, 0.5) is 13.2 Å². The Morgan fingerprint density at radius 2 is 2.07 bits per heavy atom. The maximum Gasteiger partial charge on any atom is 0.411 e. The van der Waals surface area contributed by atoms with Gasteiger partial charge in [-0.25, -0.2) is 0 Å². The maximum atomic E-state index is 11.6. The van der Waals surface area contributed by atoms with E-state index >= 15 is 0 Å². The minimum absolute atomic E-state index is 0.115. The van der Waals surface area contributed by atoms with Gasteiger partial charge in [0.15, 0.2) is 0 Å². The standard InChI is InChI=1S/C8H17F3N2O/c1-7(5-12)13-3-2-4-14-6-8(9,10)11/h7,13H,2-6,12H2,1H3/t7-/m1/s1. The van der Waals surface area contributed by atoms with Crippen LogP contribution < -0.4 is 11.1 Å². The molecule has 3 N–H and O–H groups in total. The minimum atomic E-state index is -4.22. The van der Waals surface area contributed by atoms with Gasteiger partial charge in [0.1, 0.15) is 6.61 Å². The Kier molecular flexibility index (Phi) is 6.86. The summed E-state index contributed by atoms with van der Waals surface area (Å²) in [4.78, 5) is 0. The number of hydrogen-bond acceptors (Lipinski definition) is 3. The lowest BCUT2D eigenvalue weighted by Gasteiger charge is -2.11. The van der Waals surface area contributed by atoms with Crippen LogP contribution in [0.25, 0.3) is 0 Å². The Labute approximate surface area is 81.8 Å². The van der Waals surface area contributed by atoms with Crippen LogP contribution in [-0.4, -0.2) is 38.5 Å². The van der Waals surface area contributed by atoms with E-state index in [1.54, 1.807) is 0 Å². The Morgan fingerprint density at radius 3 is 2.57 bits per heavy atom. The third kappa shape index (κ3) is 9.76. The van der Waals surface area contributed by atoms with Crippen molar-refractivity contribution >= 4 is 0 Å². The lowest BCUT2D eigenvalue weighted by molar-refractivity contribution is -0.173. The molecule has 0 aliphatic rings. The summed E-state index contributed by atoms with van der Waals surface area (Å²) < 4.78 is 39.2. The van der Waals surface area contributed by atoms with Crippen LogP contribution in [0.1, 0.15) is 13.3 Å². The highest BCUT2D eigenvalue weighted by molar-refractivity contribution is 4.59. The van der Waals surface area contributed by atoms with E-state index in [0.29, 0.717) is 19.5 Å². The molecule has 0 bridgehead atoms. The first kappa shape index (κ1) is 13.7. The van der Waals surface area contributed by atoms with Gasteiger partial charge in [0.2, 0.25) is 0 Å². The van der Waals surface area contributed by atoms with Gasteiger partial charge in [-0.05, 0) is 19.9 Å². The average molecular weight is 214 g/mol. The molecule has 0 aromatic carbocycles. The third-order valence-electron chi connectivity index (χ3n) is 1.58. The van der Waals surface area contributed by atoms with Crippen molar-refractivity contribution in [2.75, 3.05) is 26.3 Å². The van der Waals surface area contributed by atoms with E-state index in [1.165, 1.54) is 0 Å². The highest BCUT2D eigenvalue weighted by atomic mass is 19.4. The molecule has 0 aromatic rings. The number of alkyl halides is 3. The molecule has 0 radical (unpaired) electrons. The molecule has 14 heavy (non-hydrogen) atoms. The fourth-order valence-corrected chi connectivity index (χ4v) is 0.794. The first-order valence-electron chi connectivity index (χ1n) is 4.53. The Hall–Kier alpha value is -0.330. The Bertz CT molecular complexity index is 141. The monoisotopic (exact) mass is 214 g/mol. The number of halogens is 3. The van der Waals surface area contributed by atoms with Crippen LogP contribution >= 0.6 is 0 Å². The minimum Gasteiger partial charge on any atom is -0.372 e. The molecule has 0 aliphatic heterocycles. The van der Waals surface area contributed by atoms with E-state index in [2.05, 4.69) is 10.1 Å². The lowest BCUT2D eigenvalue weighted by atomic mass is 10.3. The smallest absolute Gasteiger partial charge is 0.372 e. The van der Waals surface area contributed by atoms with Gasteiger partial charge in [-0.2, -0.15) is 13.2 Å². The van der Waals surface area contributed by atoms with Gasteiger partial charge in [-0.15, -0.1) is 0 Å². The lowest BCUT2D eigenvalue weighted by Crippen LogP contribution is -2.34. The van der Waals surface area contributed by atoms with E-state index in [1.807, 2.05) is 6.92 Å². The van der Waals surface area contributed by atoms with Gasteiger partial charge in [0, 0.05) is 19.2 Å². The van der Waals surface area contributed by atoms with Crippen LogP contribution in [0.15, 0.2) is 0 Å². The zero-order chi connectivity index (χ0) is 11.0. The summed E-state index contributed by atoms with van der Waals surface area (Å²) in [6, 6.07) is 0.192.